The molecule has 0 aliphatic rings. The lowest BCUT2D eigenvalue weighted by Gasteiger charge is -2.18. The Balaban J connectivity index is 1.69. The molecule has 1 heterocycles. The number of nitrogens with one attached hydrogen (secondary N) is 1. The molecule has 138 valence electrons. The number of benzene rings is 2. The number of carbonyl (C=O) groups excluding carboxylic acids is 1. The van der Waals surface area contributed by atoms with Gasteiger partial charge in [-0.15, -0.1) is 0 Å². The molecular weight excluding hydrogens is 336 g/mol. The Hall–Kier alpha value is -3.21. The maximum atomic E-state index is 12.5. The summed E-state index contributed by atoms with van der Waals surface area (Å²) in [6.45, 7) is 4.99. The third kappa shape index (κ3) is 4.91. The van der Waals surface area contributed by atoms with Gasteiger partial charge in [0.25, 0.3) is 5.91 Å². The molecule has 0 aliphatic heterocycles. The summed E-state index contributed by atoms with van der Waals surface area (Å²) < 4.78 is 0. The fraction of sp³-hybridized carbons (Fsp3) is 0.227. The lowest BCUT2D eigenvalue weighted by atomic mass is 10.0. The number of anilines is 2. The molecule has 0 fully saturated rings. The highest BCUT2D eigenvalue weighted by atomic mass is 16.1. The predicted molar refractivity (Wildman–Crippen MR) is 109 cm³/mol. The molecule has 27 heavy (non-hydrogen) atoms. The first kappa shape index (κ1) is 18.6. The Labute approximate surface area is 160 Å². The van der Waals surface area contributed by atoms with Gasteiger partial charge in [0.05, 0.1) is 0 Å². The van der Waals surface area contributed by atoms with Crippen LogP contribution in [0.2, 0.25) is 0 Å². The van der Waals surface area contributed by atoms with Crippen molar-refractivity contribution in [2.24, 2.45) is 0 Å². The third-order valence-corrected chi connectivity index (χ3v) is 4.37. The first-order chi connectivity index (χ1) is 13.0. The van der Waals surface area contributed by atoms with Crippen LogP contribution < -0.4 is 10.2 Å². The van der Waals surface area contributed by atoms with Crippen LogP contribution >= 0.6 is 0 Å². The van der Waals surface area contributed by atoms with Crippen LogP contribution in [0, 0.1) is 0 Å². The molecule has 2 aromatic carbocycles. The maximum absolute atomic E-state index is 12.5. The molecule has 0 unspecified atom stereocenters. The zero-order valence-corrected chi connectivity index (χ0v) is 15.9. The van der Waals surface area contributed by atoms with Gasteiger partial charge in [-0.05, 0) is 29.2 Å². The lowest BCUT2D eigenvalue weighted by Crippen LogP contribution is -2.20. The summed E-state index contributed by atoms with van der Waals surface area (Å²) in [6.07, 6.45) is 1.42. The zero-order chi connectivity index (χ0) is 19.2. The van der Waals surface area contributed by atoms with E-state index < -0.39 is 0 Å². The molecule has 3 aromatic rings. The molecule has 5 heteroatoms. The average molecular weight is 360 g/mol. The van der Waals surface area contributed by atoms with Crippen LogP contribution in [0.1, 0.15) is 41.4 Å². The smallest absolute Gasteiger partial charge is 0.274 e. The SMILES string of the molecule is CC(C)c1ccc(NC(=O)c2cc(N(C)Cc3ccccc3)ncn2)cc1. The Morgan fingerprint density at radius 1 is 1.04 bits per heavy atom. The van der Waals surface area contributed by atoms with Gasteiger partial charge in [0.15, 0.2) is 0 Å². The van der Waals surface area contributed by atoms with Crippen molar-refractivity contribution >= 4 is 17.4 Å². The van der Waals surface area contributed by atoms with Crippen molar-refractivity contribution in [3.05, 3.63) is 83.8 Å². The molecule has 0 bridgehead atoms. The van der Waals surface area contributed by atoms with Crippen LogP contribution in [0.3, 0.4) is 0 Å². The highest BCUT2D eigenvalue weighted by molar-refractivity contribution is 6.03. The average Bonchev–Trinajstić information content (AvgIpc) is 2.69. The second-order valence-electron chi connectivity index (χ2n) is 6.83. The molecule has 0 radical (unpaired) electrons. The second-order valence-corrected chi connectivity index (χ2v) is 6.83. The van der Waals surface area contributed by atoms with Gasteiger partial charge in [0.1, 0.15) is 17.8 Å². The standard InChI is InChI=1S/C22H24N4O/c1-16(2)18-9-11-19(12-10-18)25-22(27)20-13-21(24-15-23-20)26(3)14-17-7-5-4-6-8-17/h4-13,15-16H,14H2,1-3H3,(H,25,27). The quantitative estimate of drug-likeness (QED) is 0.704. The van der Waals surface area contributed by atoms with E-state index in [4.69, 9.17) is 0 Å². The van der Waals surface area contributed by atoms with E-state index in [2.05, 4.69) is 41.3 Å². The Bertz CT molecular complexity index is 892. The van der Waals surface area contributed by atoms with E-state index in [9.17, 15) is 4.79 Å². The normalized spacial score (nSPS) is 10.7. The molecule has 5 nitrogen and oxygen atoms in total. The monoisotopic (exact) mass is 360 g/mol. The van der Waals surface area contributed by atoms with Crippen molar-refractivity contribution in [2.45, 2.75) is 26.3 Å². The van der Waals surface area contributed by atoms with E-state index in [1.807, 2.05) is 54.4 Å². The van der Waals surface area contributed by atoms with Crippen molar-refractivity contribution in [2.75, 3.05) is 17.3 Å². The Kier molecular flexibility index (Phi) is 5.81. The van der Waals surface area contributed by atoms with Crippen LogP contribution in [-0.2, 0) is 6.54 Å². The highest BCUT2D eigenvalue weighted by Gasteiger charge is 2.12. The van der Waals surface area contributed by atoms with Crippen molar-refractivity contribution in [1.82, 2.24) is 9.97 Å². The molecule has 0 spiro atoms. The number of hydrogen-bond acceptors (Lipinski definition) is 4. The summed E-state index contributed by atoms with van der Waals surface area (Å²) >= 11 is 0. The highest BCUT2D eigenvalue weighted by Crippen LogP contribution is 2.18. The largest absolute Gasteiger partial charge is 0.355 e. The van der Waals surface area contributed by atoms with Crippen molar-refractivity contribution in [3.63, 3.8) is 0 Å². The van der Waals surface area contributed by atoms with Gasteiger partial charge in [-0.1, -0.05) is 56.3 Å². The number of carbonyl (C=O) groups is 1. The molecule has 1 N–H and O–H groups in total. The van der Waals surface area contributed by atoms with Gasteiger partial charge in [0, 0.05) is 25.3 Å². The van der Waals surface area contributed by atoms with Crippen LogP contribution in [-0.4, -0.2) is 22.9 Å². The first-order valence-electron chi connectivity index (χ1n) is 9.01. The summed E-state index contributed by atoms with van der Waals surface area (Å²) in [6, 6.07) is 19.7. The summed E-state index contributed by atoms with van der Waals surface area (Å²) in [4.78, 5) is 22.9. The van der Waals surface area contributed by atoms with Crippen LogP contribution in [0.5, 0.6) is 0 Å². The first-order valence-corrected chi connectivity index (χ1v) is 9.01. The molecule has 1 amide bonds. The molecule has 3 rings (SSSR count). The second kappa shape index (κ2) is 8.45. The number of amides is 1. The summed E-state index contributed by atoms with van der Waals surface area (Å²) in [5.41, 5.74) is 3.50. The van der Waals surface area contributed by atoms with Gasteiger partial charge in [-0.25, -0.2) is 9.97 Å². The number of hydrogen-bond donors (Lipinski definition) is 1. The number of rotatable bonds is 6. The molecule has 1 aromatic heterocycles. The number of aromatic nitrogens is 2. The summed E-state index contributed by atoms with van der Waals surface area (Å²) in [7, 11) is 1.95. The van der Waals surface area contributed by atoms with E-state index in [1.165, 1.54) is 17.5 Å². The summed E-state index contributed by atoms with van der Waals surface area (Å²) in [5, 5.41) is 2.89. The topological polar surface area (TPSA) is 58.1 Å². The predicted octanol–water partition coefficient (Wildman–Crippen LogP) is 4.49. The van der Waals surface area contributed by atoms with Gasteiger partial charge in [0.2, 0.25) is 0 Å². The van der Waals surface area contributed by atoms with Crippen molar-refractivity contribution in [3.8, 4) is 0 Å². The molecule has 0 atom stereocenters. The van der Waals surface area contributed by atoms with Crippen LogP contribution in [0.4, 0.5) is 11.5 Å². The third-order valence-electron chi connectivity index (χ3n) is 4.37. The minimum absolute atomic E-state index is 0.246. The minimum atomic E-state index is -0.246. The molecule has 0 saturated heterocycles. The van der Waals surface area contributed by atoms with E-state index in [-0.39, 0.29) is 5.91 Å². The van der Waals surface area contributed by atoms with Gasteiger partial charge >= 0.3 is 0 Å². The van der Waals surface area contributed by atoms with Gasteiger partial charge in [-0.2, -0.15) is 0 Å². The van der Waals surface area contributed by atoms with E-state index >= 15 is 0 Å². The molecule has 0 aliphatic carbocycles. The maximum Gasteiger partial charge on any atom is 0.274 e. The van der Waals surface area contributed by atoms with Crippen LogP contribution in [0.15, 0.2) is 67.0 Å². The van der Waals surface area contributed by atoms with Crippen molar-refractivity contribution < 1.29 is 4.79 Å². The lowest BCUT2D eigenvalue weighted by molar-refractivity contribution is 0.102. The van der Waals surface area contributed by atoms with Crippen LogP contribution in [0.25, 0.3) is 0 Å². The van der Waals surface area contributed by atoms with E-state index in [0.717, 1.165) is 5.69 Å². The van der Waals surface area contributed by atoms with E-state index in [1.54, 1.807) is 6.07 Å². The van der Waals surface area contributed by atoms with E-state index in [0.29, 0.717) is 24.0 Å². The fourth-order valence-corrected chi connectivity index (χ4v) is 2.76. The Morgan fingerprint density at radius 2 is 1.74 bits per heavy atom. The molecular formula is C22H24N4O. The van der Waals surface area contributed by atoms with Gasteiger partial charge < -0.3 is 10.2 Å². The Morgan fingerprint density at radius 3 is 2.41 bits per heavy atom. The van der Waals surface area contributed by atoms with Crippen molar-refractivity contribution in [1.29, 1.82) is 0 Å². The summed E-state index contributed by atoms with van der Waals surface area (Å²) in [5.74, 6) is 0.914. The minimum Gasteiger partial charge on any atom is -0.355 e. The molecule has 0 saturated carbocycles. The van der Waals surface area contributed by atoms with Gasteiger partial charge in [-0.3, -0.25) is 4.79 Å². The zero-order valence-electron chi connectivity index (χ0n) is 15.9. The number of nitrogens with zero attached hydrogens (tertiary/aromatic N) is 3. The fourth-order valence-electron chi connectivity index (χ4n) is 2.76.